The smallest absolute Gasteiger partial charge is 0.387 e. The number of nitrogens with one attached hydrogen (secondary N) is 2. The number of sulfonamides is 1. The topological polar surface area (TPSA) is 130 Å². The standard InChI is InChI=1S/C21H22F2N2O4S.C18H24N2O2S/c1-2-3-13-25-20(26)18(19(30(25,27)28)16-7-5-4-6-8-16)24-14-15-9-11-17(12-10-15)29-21(22)23;1-12(2)20-18(22)16(19-14-8-10-15(21)11-9-14)17(23-20)13-6-4-3-5-7-13/h4-12,21,24H,2-3,13-14H2,1H3;3-7,12,14-15,19,21H,8-11H2,1-2H3. The number of aliphatic hydroxyl groups excluding tert-OH is 1. The maximum absolute atomic E-state index is 13.1. The number of hydrogen-bond donors (Lipinski definition) is 3. The molecule has 0 unspecified atom stereocenters. The Morgan fingerprint density at radius 2 is 1.51 bits per heavy atom. The number of carbonyl (C=O) groups is 1. The summed E-state index contributed by atoms with van der Waals surface area (Å²) >= 11 is 1.53. The van der Waals surface area contributed by atoms with Gasteiger partial charge in [-0.25, -0.2) is 12.7 Å². The largest absolute Gasteiger partial charge is 0.435 e. The van der Waals surface area contributed by atoms with Crippen molar-refractivity contribution in [3.63, 3.8) is 0 Å². The van der Waals surface area contributed by atoms with Crippen molar-refractivity contribution >= 4 is 38.1 Å². The molecule has 53 heavy (non-hydrogen) atoms. The van der Waals surface area contributed by atoms with Crippen LogP contribution < -0.4 is 20.9 Å². The van der Waals surface area contributed by atoms with Gasteiger partial charge in [0, 0.05) is 25.2 Å². The number of rotatable bonds is 13. The van der Waals surface area contributed by atoms with Gasteiger partial charge in [-0.05, 0) is 74.8 Å². The summed E-state index contributed by atoms with van der Waals surface area (Å²) in [7, 11) is -3.98. The summed E-state index contributed by atoms with van der Waals surface area (Å²) in [5.41, 5.74) is 2.96. The highest BCUT2D eigenvalue weighted by Gasteiger charge is 2.44. The van der Waals surface area contributed by atoms with Gasteiger partial charge in [0.05, 0.1) is 11.0 Å². The van der Waals surface area contributed by atoms with Gasteiger partial charge in [-0.2, -0.15) is 8.78 Å². The molecule has 14 heteroatoms. The molecular weight excluding hydrogens is 723 g/mol. The van der Waals surface area contributed by atoms with Crippen LogP contribution >= 0.6 is 11.5 Å². The van der Waals surface area contributed by atoms with E-state index in [0.717, 1.165) is 52.5 Å². The number of benzene rings is 3. The highest BCUT2D eigenvalue weighted by Crippen LogP contribution is 2.36. The molecule has 1 aromatic heterocycles. The van der Waals surface area contributed by atoms with Crippen molar-refractivity contribution in [1.29, 1.82) is 0 Å². The van der Waals surface area contributed by atoms with E-state index in [-0.39, 0.29) is 53.2 Å². The molecule has 284 valence electrons. The predicted molar refractivity (Wildman–Crippen MR) is 205 cm³/mol. The second-order valence-electron chi connectivity index (χ2n) is 13.2. The number of ether oxygens (including phenoxy) is 1. The minimum absolute atomic E-state index is 0.00482. The van der Waals surface area contributed by atoms with Gasteiger partial charge in [0.15, 0.2) is 0 Å². The molecule has 1 aliphatic carbocycles. The molecule has 2 aliphatic rings. The molecule has 3 N–H and O–H groups in total. The molecule has 3 aromatic carbocycles. The summed E-state index contributed by atoms with van der Waals surface area (Å²) in [6.45, 7) is 3.32. The summed E-state index contributed by atoms with van der Waals surface area (Å²) in [6.07, 6.45) is 4.55. The number of aromatic nitrogens is 1. The van der Waals surface area contributed by atoms with Crippen LogP contribution in [-0.4, -0.2) is 53.0 Å². The van der Waals surface area contributed by atoms with Crippen LogP contribution in [0.5, 0.6) is 5.75 Å². The lowest BCUT2D eigenvalue weighted by Crippen LogP contribution is -2.34. The molecule has 1 aliphatic heterocycles. The highest BCUT2D eigenvalue weighted by atomic mass is 32.2. The van der Waals surface area contributed by atoms with Crippen molar-refractivity contribution in [2.75, 3.05) is 11.9 Å². The van der Waals surface area contributed by atoms with Gasteiger partial charge in [-0.15, -0.1) is 0 Å². The van der Waals surface area contributed by atoms with Crippen molar-refractivity contribution in [2.24, 2.45) is 0 Å². The van der Waals surface area contributed by atoms with Gasteiger partial charge in [0.1, 0.15) is 22.0 Å². The molecule has 1 amide bonds. The first-order chi connectivity index (χ1) is 25.4. The monoisotopic (exact) mass is 768 g/mol. The Hall–Kier alpha value is -4.53. The first-order valence-corrected chi connectivity index (χ1v) is 20.0. The number of amides is 1. The van der Waals surface area contributed by atoms with E-state index in [9.17, 15) is 31.9 Å². The molecule has 0 radical (unpaired) electrons. The zero-order valence-electron chi connectivity index (χ0n) is 30.0. The second kappa shape index (κ2) is 18.0. The van der Waals surface area contributed by atoms with E-state index in [2.05, 4.69) is 15.4 Å². The zero-order chi connectivity index (χ0) is 38.1. The Balaban J connectivity index is 0.000000211. The summed E-state index contributed by atoms with van der Waals surface area (Å²) in [5, 5.41) is 16.1. The predicted octanol–water partition coefficient (Wildman–Crippen LogP) is 7.59. The zero-order valence-corrected chi connectivity index (χ0v) is 31.6. The highest BCUT2D eigenvalue weighted by molar-refractivity contribution is 7.99. The van der Waals surface area contributed by atoms with Gasteiger partial charge in [-0.1, -0.05) is 97.7 Å². The summed E-state index contributed by atoms with van der Waals surface area (Å²) in [6, 6.07) is 24.9. The van der Waals surface area contributed by atoms with Crippen LogP contribution in [0.15, 0.2) is 95.4 Å². The Labute approximate surface area is 313 Å². The Kier molecular flexibility index (Phi) is 13.5. The Bertz CT molecular complexity index is 2010. The van der Waals surface area contributed by atoms with E-state index in [1.165, 1.54) is 23.7 Å². The van der Waals surface area contributed by atoms with Gasteiger partial charge in [0.2, 0.25) is 0 Å². The molecule has 0 spiro atoms. The first-order valence-electron chi connectivity index (χ1n) is 17.8. The molecule has 2 heterocycles. The van der Waals surface area contributed by atoms with Gasteiger partial charge in [-0.3, -0.25) is 13.5 Å². The molecule has 0 saturated heterocycles. The molecule has 6 rings (SSSR count). The number of alkyl halides is 2. The fraction of sp³-hybridized carbons (Fsp3) is 0.385. The minimum Gasteiger partial charge on any atom is -0.435 e. The van der Waals surface area contributed by atoms with E-state index in [0.29, 0.717) is 17.5 Å². The van der Waals surface area contributed by atoms with E-state index in [4.69, 9.17) is 0 Å². The molecule has 1 saturated carbocycles. The van der Waals surface area contributed by atoms with E-state index >= 15 is 0 Å². The second-order valence-corrected chi connectivity index (χ2v) is 16.0. The maximum atomic E-state index is 13.1. The van der Waals surface area contributed by atoms with Crippen LogP contribution in [-0.2, 0) is 21.4 Å². The van der Waals surface area contributed by atoms with Gasteiger partial charge in [0.25, 0.3) is 21.5 Å². The molecule has 0 bridgehead atoms. The third-order valence-corrected chi connectivity index (χ3v) is 12.3. The molecule has 4 aromatic rings. The Morgan fingerprint density at radius 3 is 2.08 bits per heavy atom. The van der Waals surface area contributed by atoms with Crippen molar-refractivity contribution in [3.8, 4) is 16.2 Å². The number of hydrogen-bond acceptors (Lipinski definition) is 9. The van der Waals surface area contributed by atoms with Gasteiger partial charge >= 0.3 is 6.61 Å². The SMILES string of the molecule is CC(C)n1sc(-c2ccccc2)c(NC2CCC(O)CC2)c1=O.CCCCN1C(=O)C(NCc2ccc(OC(F)F)cc2)=C(c2ccccc2)S1(=O)=O. The molecule has 1 fully saturated rings. The van der Waals surface area contributed by atoms with Crippen LogP contribution in [0.2, 0.25) is 0 Å². The third-order valence-electron chi connectivity index (χ3n) is 8.96. The lowest BCUT2D eigenvalue weighted by atomic mass is 9.93. The molecule has 0 atom stereocenters. The van der Waals surface area contributed by atoms with E-state index in [1.54, 1.807) is 42.5 Å². The number of unbranched alkanes of at least 4 members (excludes halogenated alkanes) is 1. The van der Waals surface area contributed by atoms with Crippen molar-refractivity contribution in [3.05, 3.63) is 112 Å². The third kappa shape index (κ3) is 9.72. The maximum Gasteiger partial charge on any atom is 0.387 e. The average Bonchev–Trinajstić information content (AvgIpc) is 3.57. The van der Waals surface area contributed by atoms with Crippen LogP contribution in [0.25, 0.3) is 15.3 Å². The van der Waals surface area contributed by atoms with Crippen LogP contribution in [0.4, 0.5) is 14.5 Å². The molecule has 10 nitrogen and oxygen atoms in total. The van der Waals surface area contributed by atoms with Crippen LogP contribution in [0.1, 0.15) is 76.5 Å². The van der Waals surface area contributed by atoms with Gasteiger partial charge < -0.3 is 20.5 Å². The van der Waals surface area contributed by atoms with Crippen LogP contribution in [0.3, 0.4) is 0 Å². The fourth-order valence-electron chi connectivity index (χ4n) is 6.18. The number of anilines is 1. The lowest BCUT2D eigenvalue weighted by molar-refractivity contribution is -0.122. The normalized spacial score (nSPS) is 18.3. The lowest BCUT2D eigenvalue weighted by Gasteiger charge is -2.26. The minimum atomic E-state index is -3.98. The van der Waals surface area contributed by atoms with Crippen molar-refractivity contribution in [1.82, 2.24) is 13.6 Å². The fourth-order valence-corrected chi connectivity index (χ4v) is 8.99. The number of nitrogens with zero attached hydrogens (tertiary/aromatic N) is 2. The summed E-state index contributed by atoms with van der Waals surface area (Å²) in [4.78, 5) is 26.7. The number of carbonyl (C=O) groups excluding carboxylic acids is 1. The number of halogens is 2. The first kappa shape index (κ1) is 39.7. The van der Waals surface area contributed by atoms with E-state index in [1.807, 2.05) is 55.1 Å². The summed E-state index contributed by atoms with van der Waals surface area (Å²) in [5.74, 6) is -0.580. The average molecular weight is 769 g/mol. The summed E-state index contributed by atoms with van der Waals surface area (Å²) < 4.78 is 57.8. The number of aliphatic hydroxyl groups is 1. The van der Waals surface area contributed by atoms with E-state index < -0.39 is 22.5 Å². The Morgan fingerprint density at radius 1 is 0.906 bits per heavy atom. The molecular formula is C39H46F2N4O6S2. The van der Waals surface area contributed by atoms with Crippen molar-refractivity contribution < 1.29 is 31.8 Å². The van der Waals surface area contributed by atoms with Crippen molar-refractivity contribution in [2.45, 2.75) is 90.6 Å². The quantitative estimate of drug-likeness (QED) is 0.127. The van der Waals surface area contributed by atoms with Crippen LogP contribution in [0, 0.1) is 0 Å².